The minimum absolute atomic E-state index is 0.188. The molecule has 112 valence electrons. The van der Waals surface area contributed by atoms with Crippen molar-refractivity contribution in [3.05, 3.63) is 16.0 Å². The van der Waals surface area contributed by atoms with Crippen molar-refractivity contribution in [3.63, 3.8) is 0 Å². The van der Waals surface area contributed by atoms with Crippen molar-refractivity contribution in [2.75, 3.05) is 19.0 Å². The quantitative estimate of drug-likeness (QED) is 0.820. The highest BCUT2D eigenvalue weighted by Gasteiger charge is 2.28. The molecule has 5 nitrogen and oxygen atoms in total. The molecule has 1 aromatic heterocycles. The van der Waals surface area contributed by atoms with Gasteiger partial charge in [-0.25, -0.2) is 4.79 Å². The lowest BCUT2D eigenvalue weighted by Crippen LogP contribution is -2.47. The first kappa shape index (κ1) is 16.7. The molecule has 1 amide bonds. The number of aryl methyl sites for hydroxylation is 1. The standard InChI is InChI=1S/C14H22N2O3S/c1-7-19-12(17)10-8(2)9(3)20-11(10)16-13(18)14(4,5)15-6/h15H,7H2,1-6H3,(H,16,18). The molecule has 6 heteroatoms. The molecular weight excluding hydrogens is 276 g/mol. The normalized spacial score (nSPS) is 11.3. The van der Waals surface area contributed by atoms with Gasteiger partial charge >= 0.3 is 5.97 Å². The number of anilines is 1. The first-order valence-electron chi connectivity index (χ1n) is 6.52. The molecular formula is C14H22N2O3S. The lowest BCUT2D eigenvalue weighted by molar-refractivity contribution is -0.121. The van der Waals surface area contributed by atoms with Crippen molar-refractivity contribution >= 4 is 28.2 Å². The van der Waals surface area contributed by atoms with Crippen LogP contribution in [0.15, 0.2) is 0 Å². The summed E-state index contributed by atoms with van der Waals surface area (Å²) in [5.74, 6) is -0.585. The van der Waals surface area contributed by atoms with Crippen LogP contribution in [0.25, 0.3) is 0 Å². The molecule has 0 spiro atoms. The Balaban J connectivity index is 3.10. The number of likely N-dealkylation sites (N-methyl/N-ethyl adjacent to an activating group) is 1. The van der Waals surface area contributed by atoms with E-state index in [2.05, 4.69) is 10.6 Å². The first-order valence-corrected chi connectivity index (χ1v) is 7.33. The van der Waals surface area contributed by atoms with E-state index in [0.717, 1.165) is 10.4 Å². The fourth-order valence-electron chi connectivity index (χ4n) is 1.54. The van der Waals surface area contributed by atoms with Gasteiger partial charge < -0.3 is 15.4 Å². The van der Waals surface area contributed by atoms with E-state index in [9.17, 15) is 9.59 Å². The summed E-state index contributed by atoms with van der Waals surface area (Å²) in [4.78, 5) is 25.2. The van der Waals surface area contributed by atoms with Crippen LogP contribution in [0.1, 0.15) is 41.6 Å². The van der Waals surface area contributed by atoms with E-state index >= 15 is 0 Å². The lowest BCUT2D eigenvalue weighted by atomic mass is 10.1. The second kappa shape index (κ2) is 6.37. The topological polar surface area (TPSA) is 67.4 Å². The highest BCUT2D eigenvalue weighted by atomic mass is 32.1. The number of hydrogen-bond acceptors (Lipinski definition) is 5. The van der Waals surface area contributed by atoms with Crippen LogP contribution in [-0.2, 0) is 9.53 Å². The Hall–Kier alpha value is -1.40. The number of amides is 1. The number of esters is 1. The van der Waals surface area contributed by atoms with Crippen LogP contribution in [0, 0.1) is 13.8 Å². The predicted octanol–water partition coefficient (Wildman–Crippen LogP) is 2.48. The third kappa shape index (κ3) is 3.37. The average molecular weight is 298 g/mol. The van der Waals surface area contributed by atoms with E-state index in [4.69, 9.17) is 4.74 Å². The second-order valence-corrected chi connectivity index (χ2v) is 6.26. The maximum atomic E-state index is 12.2. The Morgan fingerprint density at radius 3 is 2.40 bits per heavy atom. The maximum absolute atomic E-state index is 12.2. The van der Waals surface area contributed by atoms with Gasteiger partial charge in [0, 0.05) is 4.88 Å². The van der Waals surface area contributed by atoms with Crippen molar-refractivity contribution in [2.45, 2.75) is 40.2 Å². The SMILES string of the molecule is CCOC(=O)c1c(NC(=O)C(C)(C)NC)sc(C)c1C. The van der Waals surface area contributed by atoms with Gasteiger partial charge in [-0.3, -0.25) is 4.79 Å². The van der Waals surface area contributed by atoms with E-state index in [1.165, 1.54) is 11.3 Å². The van der Waals surface area contributed by atoms with Crippen LogP contribution in [0.5, 0.6) is 0 Å². The number of nitrogens with one attached hydrogen (secondary N) is 2. The lowest BCUT2D eigenvalue weighted by Gasteiger charge is -2.22. The Morgan fingerprint density at radius 2 is 1.90 bits per heavy atom. The summed E-state index contributed by atoms with van der Waals surface area (Å²) in [6.45, 7) is 9.40. The molecule has 0 aliphatic carbocycles. The number of rotatable bonds is 5. The molecule has 1 aromatic rings. The Bertz CT molecular complexity index is 521. The summed E-state index contributed by atoms with van der Waals surface area (Å²) in [5, 5.41) is 6.30. The van der Waals surface area contributed by atoms with Crippen molar-refractivity contribution in [1.82, 2.24) is 5.32 Å². The van der Waals surface area contributed by atoms with E-state index < -0.39 is 11.5 Å². The molecule has 0 aromatic carbocycles. The van der Waals surface area contributed by atoms with Gasteiger partial charge in [0.2, 0.25) is 5.91 Å². The van der Waals surface area contributed by atoms with Gasteiger partial charge in [0.15, 0.2) is 0 Å². The highest BCUT2D eigenvalue weighted by Crippen LogP contribution is 2.33. The van der Waals surface area contributed by atoms with Crippen molar-refractivity contribution in [1.29, 1.82) is 0 Å². The Morgan fingerprint density at radius 1 is 1.30 bits per heavy atom. The zero-order chi connectivity index (χ0) is 15.5. The van der Waals surface area contributed by atoms with Crippen molar-refractivity contribution in [2.24, 2.45) is 0 Å². The third-order valence-electron chi connectivity index (χ3n) is 3.28. The minimum Gasteiger partial charge on any atom is -0.462 e. The number of hydrogen-bond donors (Lipinski definition) is 2. The summed E-state index contributed by atoms with van der Waals surface area (Å²) in [7, 11) is 1.72. The molecule has 1 heterocycles. The summed E-state index contributed by atoms with van der Waals surface area (Å²) in [6.07, 6.45) is 0. The van der Waals surface area contributed by atoms with Crippen molar-refractivity contribution < 1.29 is 14.3 Å². The Labute approximate surface area is 123 Å². The number of carbonyl (C=O) groups excluding carboxylic acids is 2. The average Bonchev–Trinajstić information content (AvgIpc) is 2.65. The molecule has 0 radical (unpaired) electrons. The molecule has 2 N–H and O–H groups in total. The third-order valence-corrected chi connectivity index (χ3v) is 4.41. The molecule has 0 saturated carbocycles. The molecule has 0 fully saturated rings. The zero-order valence-corrected chi connectivity index (χ0v) is 13.7. The van der Waals surface area contributed by atoms with Crippen molar-refractivity contribution in [3.8, 4) is 0 Å². The van der Waals surface area contributed by atoms with Gasteiger partial charge in [-0.05, 0) is 47.2 Å². The fourth-order valence-corrected chi connectivity index (χ4v) is 2.58. The van der Waals surface area contributed by atoms with E-state index in [1.807, 2.05) is 13.8 Å². The van der Waals surface area contributed by atoms with Crippen LogP contribution >= 0.6 is 11.3 Å². The molecule has 0 aliphatic rings. The van der Waals surface area contributed by atoms with Gasteiger partial charge in [0.1, 0.15) is 5.00 Å². The largest absolute Gasteiger partial charge is 0.462 e. The summed E-state index contributed by atoms with van der Waals surface area (Å²) in [5.41, 5.74) is 0.596. The van der Waals surface area contributed by atoms with E-state index in [-0.39, 0.29) is 5.91 Å². The molecule has 20 heavy (non-hydrogen) atoms. The van der Waals surface area contributed by atoms with Gasteiger partial charge in [-0.1, -0.05) is 0 Å². The second-order valence-electron chi connectivity index (χ2n) is 5.04. The van der Waals surface area contributed by atoms with Crippen LogP contribution in [0.2, 0.25) is 0 Å². The van der Waals surface area contributed by atoms with Gasteiger partial charge in [-0.2, -0.15) is 0 Å². The van der Waals surface area contributed by atoms with Gasteiger partial charge in [-0.15, -0.1) is 11.3 Å². The fraction of sp³-hybridized carbons (Fsp3) is 0.571. The smallest absolute Gasteiger partial charge is 0.341 e. The van der Waals surface area contributed by atoms with E-state index in [0.29, 0.717) is 17.2 Å². The molecule has 0 unspecified atom stereocenters. The summed E-state index contributed by atoms with van der Waals surface area (Å²) < 4.78 is 5.06. The van der Waals surface area contributed by atoms with Crippen LogP contribution in [0.4, 0.5) is 5.00 Å². The predicted molar refractivity (Wildman–Crippen MR) is 81.5 cm³/mol. The van der Waals surface area contributed by atoms with Crippen LogP contribution in [-0.4, -0.2) is 31.1 Å². The number of ether oxygens (including phenoxy) is 1. The number of thiophene rings is 1. The Kier molecular flexibility index (Phi) is 5.30. The molecule has 0 atom stereocenters. The summed E-state index contributed by atoms with van der Waals surface area (Å²) in [6, 6.07) is 0. The van der Waals surface area contributed by atoms with Crippen LogP contribution < -0.4 is 10.6 Å². The van der Waals surface area contributed by atoms with Crippen LogP contribution in [0.3, 0.4) is 0 Å². The van der Waals surface area contributed by atoms with Gasteiger partial charge in [0.25, 0.3) is 0 Å². The summed E-state index contributed by atoms with van der Waals surface area (Å²) >= 11 is 1.39. The number of carbonyl (C=O) groups is 2. The highest BCUT2D eigenvalue weighted by molar-refractivity contribution is 7.16. The van der Waals surface area contributed by atoms with Gasteiger partial charge in [0.05, 0.1) is 17.7 Å². The molecule has 0 saturated heterocycles. The zero-order valence-electron chi connectivity index (χ0n) is 12.8. The first-order chi connectivity index (χ1) is 9.24. The minimum atomic E-state index is -0.711. The monoisotopic (exact) mass is 298 g/mol. The molecule has 0 aliphatic heterocycles. The molecule has 0 bridgehead atoms. The molecule has 1 rings (SSSR count). The van der Waals surface area contributed by atoms with E-state index in [1.54, 1.807) is 27.8 Å². The maximum Gasteiger partial charge on any atom is 0.341 e.